The van der Waals surface area contributed by atoms with E-state index in [1.54, 1.807) is 11.1 Å². The van der Waals surface area contributed by atoms with E-state index in [1.165, 1.54) is 47.8 Å². The first-order valence-corrected chi connectivity index (χ1v) is 13.1. The maximum Gasteiger partial charge on any atom is 0.257 e. The number of nitrogens with zero attached hydrogens (tertiary/aromatic N) is 3. The molecule has 172 valence electrons. The molecule has 33 heavy (non-hydrogen) atoms. The van der Waals surface area contributed by atoms with Gasteiger partial charge in [0.25, 0.3) is 15.9 Å². The van der Waals surface area contributed by atoms with Gasteiger partial charge in [-0.2, -0.15) is 4.31 Å². The molecule has 1 amide bonds. The fraction of sp³-hybridized carbons (Fsp3) is 0.182. The maximum absolute atomic E-state index is 12.9. The van der Waals surface area contributed by atoms with E-state index >= 15 is 0 Å². The van der Waals surface area contributed by atoms with Crippen LogP contribution in [0.5, 0.6) is 0 Å². The van der Waals surface area contributed by atoms with E-state index in [4.69, 9.17) is 0 Å². The normalized spacial score (nSPS) is 17.2. The van der Waals surface area contributed by atoms with E-state index in [9.17, 15) is 21.6 Å². The molecule has 9 nitrogen and oxygen atoms in total. The van der Waals surface area contributed by atoms with Crippen LogP contribution in [0, 0.1) is 0 Å². The summed E-state index contributed by atoms with van der Waals surface area (Å²) in [5.74, 6) is -0.257. The van der Waals surface area contributed by atoms with Crippen LogP contribution in [0.2, 0.25) is 0 Å². The third-order valence-electron chi connectivity index (χ3n) is 5.15. The molecule has 0 bridgehead atoms. The lowest BCUT2D eigenvalue weighted by molar-refractivity contribution is -0.112. The van der Waals surface area contributed by atoms with E-state index < -0.39 is 26.0 Å². The van der Waals surface area contributed by atoms with Gasteiger partial charge in [-0.25, -0.2) is 16.8 Å². The van der Waals surface area contributed by atoms with Crippen molar-refractivity contribution in [2.45, 2.75) is 11.4 Å². The molecule has 11 heteroatoms. The fourth-order valence-electron chi connectivity index (χ4n) is 3.35. The summed E-state index contributed by atoms with van der Waals surface area (Å²) in [6, 6.07) is 15.2. The van der Waals surface area contributed by atoms with Gasteiger partial charge < -0.3 is 10.2 Å². The van der Waals surface area contributed by atoms with Crippen molar-refractivity contribution in [2.75, 3.05) is 24.7 Å². The molecule has 0 atom stereocenters. The highest BCUT2D eigenvalue weighted by molar-refractivity contribution is 7.90. The molecule has 0 unspecified atom stereocenters. The third kappa shape index (κ3) is 5.21. The van der Waals surface area contributed by atoms with Gasteiger partial charge in [0, 0.05) is 32.0 Å². The fourth-order valence-corrected chi connectivity index (χ4v) is 5.48. The lowest BCUT2D eigenvalue weighted by atomic mass is 10.1. The van der Waals surface area contributed by atoms with Crippen LogP contribution in [-0.4, -0.2) is 57.1 Å². The second kappa shape index (κ2) is 8.93. The van der Waals surface area contributed by atoms with Crippen molar-refractivity contribution < 1.29 is 21.6 Å². The van der Waals surface area contributed by atoms with Gasteiger partial charge in [0.15, 0.2) is 0 Å². The lowest BCUT2D eigenvalue weighted by Gasteiger charge is -2.26. The van der Waals surface area contributed by atoms with Gasteiger partial charge in [0.1, 0.15) is 5.84 Å². The quantitative estimate of drug-likeness (QED) is 0.667. The Labute approximate surface area is 192 Å². The smallest absolute Gasteiger partial charge is 0.257 e. The number of rotatable bonds is 6. The van der Waals surface area contributed by atoms with Crippen molar-refractivity contribution in [3.8, 4) is 0 Å². The second-order valence-electron chi connectivity index (χ2n) is 7.57. The van der Waals surface area contributed by atoms with Gasteiger partial charge in [-0.1, -0.05) is 30.3 Å². The Morgan fingerprint density at radius 3 is 2.48 bits per heavy atom. The molecule has 0 aromatic heterocycles. The standard InChI is InChI=1S/C22H22N4O5S2/c1-25(15-17-5-3-2-4-6-17)33(30,31)20-10-8-19(9-11-20)23-22(27)18-7-12-21-24-32(28,29)14-13-26(21)16-18/h2-12,16H,13-15H2,1H3,(H,23,27). The minimum absolute atomic E-state index is 0.117. The number of amidine groups is 1. The number of nitrogens with one attached hydrogen (secondary N) is 1. The molecule has 0 saturated heterocycles. The van der Waals surface area contributed by atoms with E-state index in [0.717, 1.165) is 5.56 Å². The van der Waals surface area contributed by atoms with Gasteiger partial charge in [0.05, 0.1) is 16.2 Å². The predicted octanol–water partition coefficient (Wildman–Crippen LogP) is 1.94. The van der Waals surface area contributed by atoms with E-state index in [-0.39, 0.29) is 29.6 Å². The van der Waals surface area contributed by atoms with E-state index in [0.29, 0.717) is 11.3 Å². The molecule has 2 heterocycles. The number of carbonyl (C=O) groups excluding carboxylic acids is 1. The SMILES string of the molecule is CN(Cc1ccccc1)S(=O)(=O)c1ccc(NC(=O)C2=CN3CCS(=O)(=O)N=C3C=C2)cc1. The average molecular weight is 487 g/mol. The minimum Gasteiger partial charge on any atom is -0.330 e. The van der Waals surface area contributed by atoms with Crippen LogP contribution >= 0.6 is 0 Å². The zero-order valence-corrected chi connectivity index (χ0v) is 19.4. The zero-order valence-electron chi connectivity index (χ0n) is 17.7. The van der Waals surface area contributed by atoms with Gasteiger partial charge in [0.2, 0.25) is 10.0 Å². The summed E-state index contributed by atoms with van der Waals surface area (Å²) >= 11 is 0. The molecule has 0 aliphatic carbocycles. The van der Waals surface area contributed by atoms with Crippen molar-refractivity contribution in [1.82, 2.24) is 9.21 Å². The van der Waals surface area contributed by atoms with Crippen LogP contribution in [-0.2, 0) is 31.4 Å². The third-order valence-corrected chi connectivity index (χ3v) is 8.14. The number of anilines is 1. The van der Waals surface area contributed by atoms with Crippen LogP contribution in [0.4, 0.5) is 5.69 Å². The van der Waals surface area contributed by atoms with Crippen LogP contribution in [0.1, 0.15) is 5.56 Å². The number of carbonyl (C=O) groups is 1. The van der Waals surface area contributed by atoms with Crippen molar-refractivity contribution in [3.05, 3.63) is 84.1 Å². The Hall–Kier alpha value is -3.28. The summed E-state index contributed by atoms with van der Waals surface area (Å²) in [7, 11) is -5.65. The Morgan fingerprint density at radius 1 is 1.09 bits per heavy atom. The zero-order chi connectivity index (χ0) is 23.6. The van der Waals surface area contributed by atoms with Gasteiger partial charge in [-0.15, -0.1) is 4.40 Å². The highest BCUT2D eigenvalue weighted by Crippen LogP contribution is 2.21. The Balaban J connectivity index is 1.43. The highest BCUT2D eigenvalue weighted by atomic mass is 32.2. The summed E-state index contributed by atoms with van der Waals surface area (Å²) in [6.45, 7) is 0.455. The first-order valence-electron chi connectivity index (χ1n) is 10.0. The number of hydrogen-bond donors (Lipinski definition) is 1. The van der Waals surface area contributed by atoms with E-state index in [1.807, 2.05) is 30.3 Å². The first-order chi connectivity index (χ1) is 15.6. The topological polar surface area (TPSA) is 116 Å². The van der Waals surface area contributed by atoms with Crippen molar-refractivity contribution in [1.29, 1.82) is 0 Å². The Kier molecular flexibility index (Phi) is 6.19. The molecule has 2 aliphatic heterocycles. The molecular weight excluding hydrogens is 464 g/mol. The monoisotopic (exact) mass is 486 g/mol. The number of sulfonamides is 2. The summed E-state index contributed by atoms with van der Waals surface area (Å²) in [4.78, 5) is 14.3. The summed E-state index contributed by atoms with van der Waals surface area (Å²) in [5.41, 5.74) is 1.63. The molecule has 0 spiro atoms. The molecule has 2 aliphatic rings. The minimum atomic E-state index is -3.70. The van der Waals surface area contributed by atoms with Crippen LogP contribution in [0.3, 0.4) is 0 Å². The molecule has 0 radical (unpaired) electrons. The van der Waals surface area contributed by atoms with Crippen LogP contribution < -0.4 is 5.32 Å². The van der Waals surface area contributed by atoms with Gasteiger partial charge in [-0.05, 0) is 42.0 Å². The molecular formula is C22H22N4O5S2. The summed E-state index contributed by atoms with van der Waals surface area (Å²) < 4.78 is 53.9. The van der Waals surface area contributed by atoms with Crippen molar-refractivity contribution in [3.63, 3.8) is 0 Å². The van der Waals surface area contributed by atoms with Gasteiger partial charge >= 0.3 is 0 Å². The molecule has 0 saturated carbocycles. The highest BCUT2D eigenvalue weighted by Gasteiger charge is 2.25. The molecule has 2 aromatic rings. The van der Waals surface area contributed by atoms with Crippen LogP contribution in [0.15, 0.2) is 87.8 Å². The average Bonchev–Trinajstić information content (AvgIpc) is 2.79. The Bertz CT molecular complexity index is 1360. The van der Waals surface area contributed by atoms with E-state index in [2.05, 4.69) is 9.71 Å². The van der Waals surface area contributed by atoms with Crippen molar-refractivity contribution >= 4 is 37.5 Å². The molecule has 1 N–H and O–H groups in total. The largest absolute Gasteiger partial charge is 0.330 e. The Morgan fingerprint density at radius 2 is 1.79 bits per heavy atom. The lowest BCUT2D eigenvalue weighted by Crippen LogP contribution is -2.37. The maximum atomic E-state index is 12.9. The van der Waals surface area contributed by atoms with Crippen LogP contribution in [0.25, 0.3) is 0 Å². The predicted molar refractivity (Wildman–Crippen MR) is 125 cm³/mol. The number of benzene rings is 2. The molecule has 0 fully saturated rings. The molecule has 2 aromatic carbocycles. The van der Waals surface area contributed by atoms with Gasteiger partial charge in [-0.3, -0.25) is 4.79 Å². The molecule has 4 rings (SSSR count). The second-order valence-corrected chi connectivity index (χ2v) is 11.4. The van der Waals surface area contributed by atoms with Crippen molar-refractivity contribution in [2.24, 2.45) is 4.40 Å². The summed E-state index contributed by atoms with van der Waals surface area (Å²) in [6.07, 6.45) is 4.51. The number of fused-ring (bicyclic) bond motifs is 1. The summed E-state index contributed by atoms with van der Waals surface area (Å²) in [5, 5.41) is 2.72. The number of amides is 1. The number of hydrogen-bond acceptors (Lipinski definition) is 6. The first kappa shape index (κ1) is 22.9.